The molecule has 0 spiro atoms. The molecule has 0 atom stereocenters. The zero-order valence-electron chi connectivity index (χ0n) is 14.9. The van der Waals surface area contributed by atoms with E-state index in [4.69, 9.17) is 4.74 Å². The van der Waals surface area contributed by atoms with Crippen LogP contribution in [0.15, 0.2) is 81.4 Å². The van der Waals surface area contributed by atoms with E-state index in [0.717, 1.165) is 16.8 Å². The summed E-state index contributed by atoms with van der Waals surface area (Å²) in [5, 5.41) is 6.17. The fourth-order valence-electron chi connectivity index (χ4n) is 2.48. The van der Waals surface area contributed by atoms with Gasteiger partial charge in [0.15, 0.2) is 5.03 Å². The fraction of sp³-hybridized carbons (Fsp3) is 0.105. The normalized spacial score (nSPS) is 11.0. The summed E-state index contributed by atoms with van der Waals surface area (Å²) in [5.74, 6) is -0.0927. The minimum absolute atomic E-state index is 0.0474. The maximum atomic E-state index is 12.7. The molecule has 1 N–H and O–H groups in total. The Balaban J connectivity index is 1.86. The predicted octanol–water partition coefficient (Wildman–Crippen LogP) is 1.72. The van der Waals surface area contributed by atoms with E-state index in [1.54, 1.807) is 42.5 Å². The van der Waals surface area contributed by atoms with Crippen LogP contribution in [0.2, 0.25) is 0 Å². The second kappa shape index (κ2) is 8.05. The van der Waals surface area contributed by atoms with Crippen LogP contribution in [0.3, 0.4) is 0 Å². The van der Waals surface area contributed by atoms with E-state index in [1.165, 1.54) is 19.2 Å². The van der Waals surface area contributed by atoms with E-state index < -0.39 is 27.8 Å². The van der Waals surface area contributed by atoms with Crippen molar-refractivity contribution in [1.82, 2.24) is 9.78 Å². The number of nitrogens with one attached hydrogen (secondary N) is 1. The van der Waals surface area contributed by atoms with Gasteiger partial charge >= 0.3 is 0 Å². The number of aromatic nitrogens is 2. The third-order valence-corrected chi connectivity index (χ3v) is 5.51. The summed E-state index contributed by atoms with van der Waals surface area (Å²) in [4.78, 5) is 24.4. The predicted molar refractivity (Wildman–Crippen MR) is 102 cm³/mol. The molecule has 0 radical (unpaired) electrons. The number of carbonyl (C=O) groups is 1. The molecule has 0 bridgehead atoms. The smallest absolute Gasteiger partial charge is 0.267 e. The quantitative estimate of drug-likeness (QED) is 0.676. The molecule has 1 aromatic heterocycles. The Bertz CT molecular complexity index is 1160. The lowest BCUT2D eigenvalue weighted by atomic mass is 10.3. The first-order chi connectivity index (χ1) is 13.4. The number of methoxy groups -OCH3 is 1. The molecule has 0 saturated heterocycles. The lowest BCUT2D eigenvalue weighted by Gasteiger charge is -2.11. The zero-order chi connectivity index (χ0) is 20.1. The maximum absolute atomic E-state index is 12.7. The SMILES string of the molecule is COc1ccccc1NC(=O)Cn1nc(S(=O)(=O)c2ccccc2)ccc1=O. The average Bonchev–Trinajstić information content (AvgIpc) is 2.70. The van der Waals surface area contributed by atoms with Gasteiger partial charge in [0.1, 0.15) is 12.3 Å². The molecular weight excluding hydrogens is 382 g/mol. The van der Waals surface area contributed by atoms with Gasteiger partial charge in [-0.2, -0.15) is 5.10 Å². The number of hydrogen-bond donors (Lipinski definition) is 1. The molecule has 144 valence electrons. The van der Waals surface area contributed by atoms with Crippen LogP contribution in [0, 0.1) is 0 Å². The number of rotatable bonds is 6. The van der Waals surface area contributed by atoms with Gasteiger partial charge in [0.2, 0.25) is 15.7 Å². The number of hydrogen-bond acceptors (Lipinski definition) is 6. The number of benzene rings is 2. The monoisotopic (exact) mass is 399 g/mol. The minimum Gasteiger partial charge on any atom is -0.495 e. The summed E-state index contributed by atoms with van der Waals surface area (Å²) in [5.41, 5.74) is -0.168. The highest BCUT2D eigenvalue weighted by atomic mass is 32.2. The van der Waals surface area contributed by atoms with Crippen molar-refractivity contribution in [1.29, 1.82) is 0 Å². The molecule has 28 heavy (non-hydrogen) atoms. The van der Waals surface area contributed by atoms with Crippen molar-refractivity contribution in [3.05, 3.63) is 77.1 Å². The molecule has 1 heterocycles. The third-order valence-electron chi connectivity index (χ3n) is 3.85. The summed E-state index contributed by atoms with van der Waals surface area (Å²) >= 11 is 0. The van der Waals surface area contributed by atoms with Crippen LogP contribution >= 0.6 is 0 Å². The maximum Gasteiger partial charge on any atom is 0.267 e. The molecule has 0 aliphatic heterocycles. The Labute approximate surface area is 161 Å². The zero-order valence-corrected chi connectivity index (χ0v) is 15.7. The molecule has 0 unspecified atom stereocenters. The molecule has 3 rings (SSSR count). The van der Waals surface area contributed by atoms with Crippen molar-refractivity contribution in [2.45, 2.75) is 16.5 Å². The summed E-state index contributed by atoms with van der Waals surface area (Å²) in [6.07, 6.45) is 0. The fourth-order valence-corrected chi connectivity index (χ4v) is 3.69. The first-order valence-electron chi connectivity index (χ1n) is 8.23. The Hall–Kier alpha value is -3.46. The van der Waals surface area contributed by atoms with E-state index in [0.29, 0.717) is 11.4 Å². The molecule has 0 aliphatic carbocycles. The summed E-state index contributed by atoms with van der Waals surface area (Å²) in [6, 6.07) is 16.7. The van der Waals surface area contributed by atoms with E-state index in [9.17, 15) is 18.0 Å². The van der Waals surface area contributed by atoms with Gasteiger partial charge in [-0.05, 0) is 30.3 Å². The number of sulfone groups is 1. The third kappa shape index (κ3) is 4.09. The topological polar surface area (TPSA) is 107 Å². The largest absolute Gasteiger partial charge is 0.495 e. The second-order valence-corrected chi connectivity index (χ2v) is 7.63. The van der Waals surface area contributed by atoms with Crippen molar-refractivity contribution in [2.24, 2.45) is 0 Å². The van der Waals surface area contributed by atoms with Gasteiger partial charge in [-0.25, -0.2) is 13.1 Å². The standard InChI is InChI=1S/C19H17N3O5S/c1-27-16-10-6-5-9-15(16)20-17(23)13-22-19(24)12-11-18(21-22)28(25,26)14-7-3-2-4-8-14/h2-12H,13H2,1H3,(H,20,23). The van der Waals surface area contributed by atoms with Crippen molar-refractivity contribution in [3.8, 4) is 5.75 Å². The summed E-state index contributed by atoms with van der Waals surface area (Å²) in [7, 11) is -2.44. The van der Waals surface area contributed by atoms with Gasteiger partial charge < -0.3 is 10.1 Å². The molecule has 0 saturated carbocycles. The van der Waals surface area contributed by atoms with Gasteiger partial charge in [-0.1, -0.05) is 30.3 Å². The highest BCUT2D eigenvalue weighted by molar-refractivity contribution is 7.91. The first kappa shape index (κ1) is 19.3. The van der Waals surface area contributed by atoms with Crippen LogP contribution in [-0.4, -0.2) is 31.2 Å². The molecule has 1 amide bonds. The number of anilines is 1. The van der Waals surface area contributed by atoms with E-state index in [-0.39, 0.29) is 9.92 Å². The number of ether oxygens (including phenoxy) is 1. The molecule has 8 nitrogen and oxygen atoms in total. The Morgan fingerprint density at radius 2 is 1.71 bits per heavy atom. The van der Waals surface area contributed by atoms with Crippen LogP contribution in [-0.2, 0) is 21.2 Å². The van der Waals surface area contributed by atoms with Gasteiger partial charge in [0, 0.05) is 6.07 Å². The summed E-state index contributed by atoms with van der Waals surface area (Å²) in [6.45, 7) is -0.449. The molecule has 0 aliphatic rings. The first-order valence-corrected chi connectivity index (χ1v) is 9.71. The Morgan fingerprint density at radius 3 is 2.43 bits per heavy atom. The number of nitrogens with zero attached hydrogens (tertiary/aromatic N) is 2. The molecule has 2 aromatic carbocycles. The van der Waals surface area contributed by atoms with Crippen molar-refractivity contribution < 1.29 is 17.9 Å². The van der Waals surface area contributed by atoms with Gasteiger partial charge in [-0.15, -0.1) is 0 Å². The molecule has 0 fully saturated rings. The van der Waals surface area contributed by atoms with Crippen LogP contribution in [0.1, 0.15) is 0 Å². The highest BCUT2D eigenvalue weighted by Gasteiger charge is 2.20. The molecule has 3 aromatic rings. The Kier molecular flexibility index (Phi) is 5.55. The van der Waals surface area contributed by atoms with Crippen molar-refractivity contribution >= 4 is 21.4 Å². The van der Waals surface area contributed by atoms with Crippen molar-refractivity contribution in [3.63, 3.8) is 0 Å². The van der Waals surface area contributed by atoms with Crippen LogP contribution in [0.4, 0.5) is 5.69 Å². The number of para-hydroxylation sites is 2. The van der Waals surface area contributed by atoms with Crippen LogP contribution < -0.4 is 15.6 Å². The van der Waals surface area contributed by atoms with Gasteiger partial charge in [0.25, 0.3) is 5.56 Å². The average molecular weight is 399 g/mol. The Morgan fingerprint density at radius 1 is 1.04 bits per heavy atom. The minimum atomic E-state index is -3.91. The second-order valence-electron chi connectivity index (χ2n) is 5.73. The van der Waals surface area contributed by atoms with Gasteiger partial charge in [0.05, 0.1) is 17.7 Å². The van der Waals surface area contributed by atoms with E-state index in [1.807, 2.05) is 0 Å². The lowest BCUT2D eigenvalue weighted by Crippen LogP contribution is -2.30. The number of amides is 1. The molecular formula is C19H17N3O5S. The lowest BCUT2D eigenvalue weighted by molar-refractivity contribution is -0.117. The highest BCUT2D eigenvalue weighted by Crippen LogP contribution is 2.23. The van der Waals surface area contributed by atoms with Crippen LogP contribution in [0.25, 0.3) is 0 Å². The van der Waals surface area contributed by atoms with E-state index >= 15 is 0 Å². The van der Waals surface area contributed by atoms with E-state index in [2.05, 4.69) is 10.4 Å². The van der Waals surface area contributed by atoms with Crippen molar-refractivity contribution in [2.75, 3.05) is 12.4 Å². The summed E-state index contributed by atoms with van der Waals surface area (Å²) < 4.78 is 31.3. The van der Waals surface area contributed by atoms with Gasteiger partial charge in [-0.3, -0.25) is 9.59 Å². The number of carbonyl (C=O) groups excluding carboxylic acids is 1. The van der Waals surface area contributed by atoms with Crippen LogP contribution in [0.5, 0.6) is 5.75 Å². The molecule has 9 heteroatoms.